The molecular formula is C20H29NO. The summed E-state index contributed by atoms with van der Waals surface area (Å²) in [5.74, 6) is 0.0120. The molecule has 2 heteroatoms. The van der Waals surface area contributed by atoms with E-state index < -0.39 is 0 Å². The smallest absolute Gasteiger partial charge is 0.204 e. The van der Waals surface area contributed by atoms with Gasteiger partial charge in [-0.3, -0.25) is 9.79 Å². The molecule has 0 N–H and O–H groups in total. The lowest BCUT2D eigenvalue weighted by Crippen LogP contribution is -2.15. The van der Waals surface area contributed by atoms with Crippen molar-refractivity contribution in [3.8, 4) is 0 Å². The minimum Gasteiger partial charge on any atom is -0.288 e. The van der Waals surface area contributed by atoms with E-state index in [0.29, 0.717) is 11.1 Å². The Labute approximate surface area is 135 Å². The number of hydrogen-bond acceptors (Lipinski definition) is 2. The van der Waals surface area contributed by atoms with Crippen LogP contribution in [0.3, 0.4) is 0 Å². The molecule has 0 aromatic heterocycles. The van der Waals surface area contributed by atoms with Gasteiger partial charge in [0.05, 0.1) is 0 Å². The Morgan fingerprint density at radius 3 is 2.64 bits per heavy atom. The van der Waals surface area contributed by atoms with E-state index in [2.05, 4.69) is 18.8 Å². The number of nitrogens with zero attached hydrogens (tertiary/aromatic N) is 1. The van der Waals surface area contributed by atoms with Crippen molar-refractivity contribution in [2.45, 2.75) is 71.6 Å². The quantitative estimate of drug-likeness (QED) is 0.627. The zero-order valence-corrected chi connectivity index (χ0v) is 14.1. The van der Waals surface area contributed by atoms with E-state index in [1.807, 2.05) is 12.3 Å². The molecule has 120 valence electrons. The third-order valence-corrected chi connectivity index (χ3v) is 4.91. The zero-order valence-electron chi connectivity index (χ0n) is 14.1. The molecule has 2 aliphatic carbocycles. The van der Waals surface area contributed by atoms with E-state index in [1.54, 1.807) is 18.2 Å². The highest BCUT2D eigenvalue weighted by Gasteiger charge is 2.23. The summed E-state index contributed by atoms with van der Waals surface area (Å²) in [6.07, 6.45) is 20.3. The number of ketones is 1. The molecule has 0 amide bonds. The van der Waals surface area contributed by atoms with Gasteiger partial charge < -0.3 is 0 Å². The van der Waals surface area contributed by atoms with Crippen molar-refractivity contribution in [2.75, 3.05) is 0 Å². The summed E-state index contributed by atoms with van der Waals surface area (Å²) >= 11 is 0. The van der Waals surface area contributed by atoms with Crippen LogP contribution in [0.25, 0.3) is 0 Å². The second-order valence-electron chi connectivity index (χ2n) is 7.01. The molecule has 0 radical (unpaired) electrons. The Kier molecular flexibility index (Phi) is 6.35. The van der Waals surface area contributed by atoms with Crippen molar-refractivity contribution in [3.63, 3.8) is 0 Å². The van der Waals surface area contributed by atoms with E-state index in [0.717, 1.165) is 12.8 Å². The second kappa shape index (κ2) is 8.26. The molecule has 0 aliphatic heterocycles. The summed E-state index contributed by atoms with van der Waals surface area (Å²) in [5.41, 5.74) is 2.50. The van der Waals surface area contributed by atoms with Crippen LogP contribution in [0.4, 0.5) is 0 Å². The topological polar surface area (TPSA) is 29.4 Å². The van der Waals surface area contributed by atoms with Gasteiger partial charge in [0.15, 0.2) is 0 Å². The first-order valence-electron chi connectivity index (χ1n) is 8.78. The first-order chi connectivity index (χ1) is 10.6. The fraction of sp³-hybridized carbons (Fsp3) is 0.600. The predicted octanol–water partition coefficient (Wildman–Crippen LogP) is 5.56. The van der Waals surface area contributed by atoms with E-state index in [-0.39, 0.29) is 5.78 Å². The molecule has 2 nitrogen and oxygen atoms in total. The number of rotatable bonds is 3. The first kappa shape index (κ1) is 16.9. The fourth-order valence-corrected chi connectivity index (χ4v) is 3.60. The van der Waals surface area contributed by atoms with Gasteiger partial charge in [-0.2, -0.15) is 0 Å². The summed E-state index contributed by atoms with van der Waals surface area (Å²) in [6, 6.07) is 0. The van der Waals surface area contributed by atoms with Gasteiger partial charge >= 0.3 is 0 Å². The molecule has 1 unspecified atom stereocenters. The van der Waals surface area contributed by atoms with Crippen molar-refractivity contribution < 1.29 is 4.79 Å². The predicted molar refractivity (Wildman–Crippen MR) is 94.1 cm³/mol. The summed E-state index contributed by atoms with van der Waals surface area (Å²) in [6.45, 7) is 4.76. The van der Waals surface area contributed by atoms with Crippen LogP contribution in [0.15, 0.2) is 41.1 Å². The summed E-state index contributed by atoms with van der Waals surface area (Å²) in [7, 11) is 0. The Bertz CT molecular complexity index is 510. The van der Waals surface area contributed by atoms with Gasteiger partial charge in [-0.05, 0) is 62.5 Å². The Balaban J connectivity index is 1.99. The lowest BCUT2D eigenvalue weighted by Gasteiger charge is -2.28. The molecule has 1 saturated carbocycles. The molecule has 0 bridgehead atoms. The van der Waals surface area contributed by atoms with E-state index in [4.69, 9.17) is 0 Å². The Morgan fingerprint density at radius 1 is 1.14 bits per heavy atom. The van der Waals surface area contributed by atoms with Crippen molar-refractivity contribution in [3.05, 3.63) is 36.1 Å². The number of allylic oxidation sites excluding steroid dienone is 5. The standard InChI is InChI=1S/C20H29NO/c1-3-13-20(2)14-7-6-9-17(10-8-15-20)16-21-18-11-4-5-12-19(18)22/h4-5,11-12,16H,3,6-10,13-15H2,1-2H3/b17-16+,21-18?. The molecule has 0 spiro atoms. The van der Waals surface area contributed by atoms with Crippen molar-refractivity contribution in [2.24, 2.45) is 10.4 Å². The fourth-order valence-electron chi connectivity index (χ4n) is 3.60. The zero-order chi connectivity index (χ0) is 15.8. The van der Waals surface area contributed by atoms with Gasteiger partial charge in [0.2, 0.25) is 5.78 Å². The van der Waals surface area contributed by atoms with Gasteiger partial charge in [0.25, 0.3) is 0 Å². The normalized spacial score (nSPS) is 30.4. The highest BCUT2D eigenvalue weighted by atomic mass is 16.1. The van der Waals surface area contributed by atoms with Crippen LogP contribution in [-0.4, -0.2) is 11.5 Å². The third kappa shape index (κ3) is 5.08. The molecule has 2 rings (SSSR count). The third-order valence-electron chi connectivity index (χ3n) is 4.91. The lowest BCUT2D eigenvalue weighted by molar-refractivity contribution is -0.108. The monoisotopic (exact) mass is 299 g/mol. The van der Waals surface area contributed by atoms with Gasteiger partial charge in [-0.25, -0.2) is 0 Å². The van der Waals surface area contributed by atoms with Crippen LogP contribution in [0, 0.1) is 5.41 Å². The average molecular weight is 299 g/mol. The van der Waals surface area contributed by atoms with Crippen LogP contribution in [0.1, 0.15) is 71.6 Å². The molecule has 0 aromatic carbocycles. The maximum atomic E-state index is 11.7. The Hall–Kier alpha value is -1.44. The second-order valence-corrected chi connectivity index (χ2v) is 7.01. The van der Waals surface area contributed by atoms with Crippen molar-refractivity contribution >= 4 is 11.5 Å². The van der Waals surface area contributed by atoms with Crippen LogP contribution in [-0.2, 0) is 4.79 Å². The van der Waals surface area contributed by atoms with E-state index >= 15 is 0 Å². The summed E-state index contributed by atoms with van der Waals surface area (Å²) in [5, 5.41) is 0. The van der Waals surface area contributed by atoms with Crippen LogP contribution < -0.4 is 0 Å². The minimum absolute atomic E-state index is 0.0120. The van der Waals surface area contributed by atoms with E-state index in [9.17, 15) is 4.79 Å². The number of hydrogen-bond donors (Lipinski definition) is 0. The molecule has 0 heterocycles. The van der Waals surface area contributed by atoms with Crippen LogP contribution in [0.2, 0.25) is 0 Å². The first-order valence-corrected chi connectivity index (χ1v) is 8.78. The molecule has 1 fully saturated rings. The molecule has 2 aliphatic rings. The SMILES string of the molecule is CCCC1(C)CCCC/C(=C\N=C2C=CC=CC2=O)CCC1. The van der Waals surface area contributed by atoms with E-state index in [1.165, 1.54) is 50.5 Å². The highest BCUT2D eigenvalue weighted by molar-refractivity contribution is 6.48. The van der Waals surface area contributed by atoms with Gasteiger partial charge in [0, 0.05) is 6.20 Å². The number of carbonyl (C=O) groups is 1. The van der Waals surface area contributed by atoms with Crippen LogP contribution >= 0.6 is 0 Å². The van der Waals surface area contributed by atoms with Crippen LogP contribution in [0.5, 0.6) is 0 Å². The maximum absolute atomic E-state index is 11.7. The van der Waals surface area contributed by atoms with Crippen molar-refractivity contribution in [1.82, 2.24) is 0 Å². The molecule has 22 heavy (non-hydrogen) atoms. The summed E-state index contributed by atoms with van der Waals surface area (Å²) in [4.78, 5) is 16.1. The number of aliphatic imine (C=N–C) groups is 1. The lowest BCUT2D eigenvalue weighted by atomic mass is 9.77. The Morgan fingerprint density at radius 2 is 1.86 bits per heavy atom. The average Bonchev–Trinajstić information content (AvgIpc) is 2.58. The summed E-state index contributed by atoms with van der Waals surface area (Å²) < 4.78 is 0. The molecule has 0 saturated heterocycles. The molecular weight excluding hydrogens is 270 g/mol. The van der Waals surface area contributed by atoms with Gasteiger partial charge in [-0.15, -0.1) is 0 Å². The highest BCUT2D eigenvalue weighted by Crippen LogP contribution is 2.37. The maximum Gasteiger partial charge on any atom is 0.204 e. The molecule has 0 aromatic rings. The largest absolute Gasteiger partial charge is 0.288 e. The minimum atomic E-state index is 0.0120. The van der Waals surface area contributed by atoms with Gasteiger partial charge in [0.1, 0.15) is 5.71 Å². The van der Waals surface area contributed by atoms with Gasteiger partial charge in [-0.1, -0.05) is 44.4 Å². The molecule has 1 atom stereocenters. The number of carbonyl (C=O) groups excluding carboxylic acids is 1. The van der Waals surface area contributed by atoms with Crippen molar-refractivity contribution in [1.29, 1.82) is 0 Å².